The Morgan fingerprint density at radius 1 is 1.16 bits per heavy atom. The molecule has 168 valence electrons. The number of nitrogens with zero attached hydrogens (tertiary/aromatic N) is 2. The minimum absolute atomic E-state index is 0.0492. The first-order valence-electron chi connectivity index (χ1n) is 10.4. The summed E-state index contributed by atoms with van der Waals surface area (Å²) in [6.45, 7) is 2.32. The van der Waals surface area contributed by atoms with Gasteiger partial charge >= 0.3 is 5.97 Å². The predicted octanol–water partition coefficient (Wildman–Crippen LogP) is 3.01. The smallest absolute Gasteiger partial charge is 0.340 e. The van der Waals surface area contributed by atoms with Crippen molar-refractivity contribution in [2.24, 2.45) is 0 Å². The molecule has 0 saturated heterocycles. The van der Waals surface area contributed by atoms with Gasteiger partial charge in [-0.3, -0.25) is 9.88 Å². The highest BCUT2D eigenvalue weighted by Crippen LogP contribution is 2.37. The fourth-order valence-corrected chi connectivity index (χ4v) is 6.85. The molecule has 0 unspecified atom stereocenters. The van der Waals surface area contributed by atoms with Gasteiger partial charge in [-0.1, -0.05) is 30.3 Å². The van der Waals surface area contributed by atoms with Crippen LogP contribution < -0.4 is 4.72 Å². The van der Waals surface area contributed by atoms with Crippen molar-refractivity contribution in [2.75, 3.05) is 20.2 Å². The number of ether oxygens (including phenoxy) is 1. The Morgan fingerprint density at radius 2 is 1.91 bits per heavy atom. The molecule has 1 N–H and O–H groups in total. The van der Waals surface area contributed by atoms with Gasteiger partial charge in [0.1, 0.15) is 4.21 Å². The summed E-state index contributed by atoms with van der Waals surface area (Å²) in [6, 6.07) is 13.6. The van der Waals surface area contributed by atoms with E-state index in [4.69, 9.17) is 4.74 Å². The number of carbonyl (C=O) groups is 1. The summed E-state index contributed by atoms with van der Waals surface area (Å²) in [4.78, 5) is 19.7. The molecule has 0 bridgehead atoms. The van der Waals surface area contributed by atoms with Crippen LogP contribution in [-0.4, -0.2) is 44.5 Å². The zero-order valence-electron chi connectivity index (χ0n) is 17.8. The number of thiophene rings is 1. The van der Waals surface area contributed by atoms with Gasteiger partial charge in [-0.2, -0.15) is 0 Å². The molecule has 4 rings (SSSR count). The standard InChI is InChI=1S/C23H25N3O4S2/c1-30-22(27)21-19-10-14-26(15-18-7-11-24-12-8-18)16-20(19)31-23(21)32(28,29)25-13-9-17-5-3-2-4-6-17/h2-8,11-12,25H,9-10,13-16H2,1H3. The maximum Gasteiger partial charge on any atom is 0.340 e. The molecule has 1 aliphatic heterocycles. The second-order valence-corrected chi connectivity index (χ2v) is 10.7. The number of pyridine rings is 1. The Kier molecular flexibility index (Phi) is 7.00. The van der Waals surface area contributed by atoms with E-state index in [-0.39, 0.29) is 16.3 Å². The van der Waals surface area contributed by atoms with E-state index < -0.39 is 16.0 Å². The number of esters is 1. The van der Waals surface area contributed by atoms with E-state index in [1.807, 2.05) is 42.5 Å². The molecule has 0 fully saturated rings. The molecule has 1 aliphatic rings. The molecule has 0 amide bonds. The van der Waals surface area contributed by atoms with Crippen molar-refractivity contribution in [3.63, 3.8) is 0 Å². The lowest BCUT2D eigenvalue weighted by molar-refractivity contribution is 0.0595. The van der Waals surface area contributed by atoms with Gasteiger partial charge in [0.15, 0.2) is 0 Å². The number of benzene rings is 1. The van der Waals surface area contributed by atoms with Crippen LogP contribution in [0.3, 0.4) is 0 Å². The SMILES string of the molecule is COC(=O)c1c(S(=O)(=O)NCCc2ccccc2)sc2c1CCN(Cc1ccncc1)C2. The minimum Gasteiger partial charge on any atom is -0.465 e. The molecular weight excluding hydrogens is 446 g/mol. The van der Waals surface area contributed by atoms with E-state index in [0.29, 0.717) is 19.4 Å². The largest absolute Gasteiger partial charge is 0.465 e. The number of nitrogens with one attached hydrogen (secondary N) is 1. The monoisotopic (exact) mass is 471 g/mol. The number of methoxy groups -OCH3 is 1. The summed E-state index contributed by atoms with van der Waals surface area (Å²) in [7, 11) is -2.56. The maximum atomic E-state index is 13.1. The van der Waals surface area contributed by atoms with Crippen molar-refractivity contribution in [1.82, 2.24) is 14.6 Å². The molecule has 0 aliphatic carbocycles. The number of hydrogen-bond donors (Lipinski definition) is 1. The lowest BCUT2D eigenvalue weighted by Crippen LogP contribution is -2.30. The summed E-state index contributed by atoms with van der Waals surface area (Å²) in [5.41, 5.74) is 3.16. The molecule has 2 aromatic heterocycles. The van der Waals surface area contributed by atoms with Crippen molar-refractivity contribution < 1.29 is 17.9 Å². The van der Waals surface area contributed by atoms with Gasteiger partial charge in [-0.25, -0.2) is 17.9 Å². The van der Waals surface area contributed by atoms with E-state index in [1.165, 1.54) is 18.4 Å². The van der Waals surface area contributed by atoms with E-state index >= 15 is 0 Å². The Labute approximate surface area is 192 Å². The third kappa shape index (κ3) is 5.07. The molecule has 9 heteroatoms. The van der Waals surface area contributed by atoms with Crippen LogP contribution in [0.1, 0.15) is 31.9 Å². The predicted molar refractivity (Wildman–Crippen MR) is 123 cm³/mol. The topological polar surface area (TPSA) is 88.6 Å². The number of aromatic nitrogens is 1. The zero-order valence-corrected chi connectivity index (χ0v) is 19.4. The molecule has 3 heterocycles. The average Bonchev–Trinajstić information content (AvgIpc) is 3.20. The van der Waals surface area contributed by atoms with Crippen molar-refractivity contribution in [1.29, 1.82) is 0 Å². The van der Waals surface area contributed by atoms with Crippen LogP contribution >= 0.6 is 11.3 Å². The van der Waals surface area contributed by atoms with E-state index in [0.717, 1.165) is 34.7 Å². The highest BCUT2D eigenvalue weighted by atomic mass is 32.2. The van der Waals surface area contributed by atoms with E-state index in [1.54, 1.807) is 12.4 Å². The molecule has 7 nitrogen and oxygen atoms in total. The van der Waals surface area contributed by atoms with Gasteiger partial charge in [0.2, 0.25) is 0 Å². The molecule has 3 aromatic rings. The van der Waals surface area contributed by atoms with Crippen LogP contribution in [-0.2, 0) is 40.7 Å². The van der Waals surface area contributed by atoms with Gasteiger partial charge in [0.05, 0.1) is 12.7 Å². The van der Waals surface area contributed by atoms with Gasteiger partial charge in [-0.05, 0) is 41.7 Å². The molecule has 0 atom stereocenters. The Morgan fingerprint density at radius 3 is 2.62 bits per heavy atom. The lowest BCUT2D eigenvalue weighted by atomic mass is 10.0. The molecule has 32 heavy (non-hydrogen) atoms. The summed E-state index contributed by atoms with van der Waals surface area (Å²) < 4.78 is 33.9. The number of hydrogen-bond acceptors (Lipinski definition) is 7. The quantitative estimate of drug-likeness (QED) is 0.508. The van der Waals surface area contributed by atoms with Crippen molar-refractivity contribution in [3.8, 4) is 0 Å². The lowest BCUT2D eigenvalue weighted by Gasteiger charge is -2.27. The van der Waals surface area contributed by atoms with Crippen LogP contribution in [0.4, 0.5) is 0 Å². The van der Waals surface area contributed by atoms with E-state index in [9.17, 15) is 13.2 Å². The molecule has 1 aromatic carbocycles. The Bertz CT molecular complexity index is 1180. The third-order valence-corrected chi connectivity index (χ3v) is 8.64. The fraction of sp³-hybridized carbons (Fsp3) is 0.304. The van der Waals surface area contributed by atoms with Crippen LogP contribution in [0.25, 0.3) is 0 Å². The molecule has 0 saturated carbocycles. The number of carbonyl (C=O) groups excluding carboxylic acids is 1. The van der Waals surface area contributed by atoms with Gasteiger partial charge < -0.3 is 4.74 Å². The van der Waals surface area contributed by atoms with Gasteiger partial charge in [-0.15, -0.1) is 11.3 Å². The van der Waals surface area contributed by atoms with Crippen LogP contribution in [0.2, 0.25) is 0 Å². The first-order valence-corrected chi connectivity index (χ1v) is 12.7. The van der Waals surface area contributed by atoms with Gasteiger partial charge in [0, 0.05) is 43.4 Å². The Balaban J connectivity index is 1.55. The van der Waals surface area contributed by atoms with Crippen LogP contribution in [0.15, 0.2) is 59.1 Å². The number of rotatable bonds is 8. The number of sulfonamides is 1. The fourth-order valence-electron chi connectivity index (χ4n) is 3.85. The first kappa shape index (κ1) is 22.6. The van der Waals surface area contributed by atoms with E-state index in [2.05, 4.69) is 14.6 Å². The molecular formula is C23H25N3O4S2. The molecule has 0 radical (unpaired) electrons. The van der Waals surface area contributed by atoms with Crippen molar-refractivity contribution in [2.45, 2.75) is 30.1 Å². The zero-order chi connectivity index (χ0) is 22.6. The summed E-state index contributed by atoms with van der Waals surface area (Å²) in [5, 5.41) is 0. The van der Waals surface area contributed by atoms with Crippen molar-refractivity contribution in [3.05, 3.63) is 82.0 Å². The van der Waals surface area contributed by atoms with Crippen LogP contribution in [0, 0.1) is 0 Å². The normalized spacial score (nSPS) is 14.2. The number of fused-ring (bicyclic) bond motifs is 1. The second-order valence-electron chi connectivity index (χ2n) is 7.61. The molecule has 0 spiro atoms. The van der Waals surface area contributed by atoms with Crippen LogP contribution in [0.5, 0.6) is 0 Å². The third-order valence-electron chi connectivity index (χ3n) is 5.44. The second kappa shape index (κ2) is 9.91. The highest BCUT2D eigenvalue weighted by molar-refractivity contribution is 7.91. The summed E-state index contributed by atoms with van der Waals surface area (Å²) in [5.74, 6) is -0.603. The minimum atomic E-state index is -3.85. The maximum absolute atomic E-state index is 13.1. The summed E-state index contributed by atoms with van der Waals surface area (Å²) >= 11 is 1.17. The highest BCUT2D eigenvalue weighted by Gasteiger charge is 2.33. The Hall–Kier alpha value is -2.59. The van der Waals surface area contributed by atoms with Crippen molar-refractivity contribution >= 4 is 27.3 Å². The first-order chi connectivity index (χ1) is 15.5. The average molecular weight is 472 g/mol. The summed E-state index contributed by atoms with van der Waals surface area (Å²) in [6.07, 6.45) is 4.69. The van der Waals surface area contributed by atoms with Gasteiger partial charge in [0.25, 0.3) is 10.0 Å².